The van der Waals surface area contributed by atoms with Crippen LogP contribution in [0.25, 0.3) is 0 Å². The molecule has 2 aromatic carbocycles. The Balaban J connectivity index is 1.97. The molecule has 0 aliphatic heterocycles. The van der Waals surface area contributed by atoms with Crippen molar-refractivity contribution < 1.29 is 3.74 Å². The third-order valence-corrected chi connectivity index (χ3v) is 3.66. The van der Waals surface area contributed by atoms with Gasteiger partial charge < -0.3 is 0 Å². The maximum atomic E-state index is 10.7. The number of aryl methyl sites for hydroxylation is 1. The monoisotopic (exact) mass is 287 g/mol. The average Bonchev–Trinajstić information content (AvgIpc) is 2.39. The summed E-state index contributed by atoms with van der Waals surface area (Å²) >= 11 is -0.909. The molecule has 0 amide bonds. The van der Waals surface area contributed by atoms with E-state index in [1.807, 2.05) is 24.3 Å². The van der Waals surface area contributed by atoms with Crippen LogP contribution in [0.2, 0.25) is 0 Å². The van der Waals surface area contributed by atoms with Crippen molar-refractivity contribution in [3.05, 3.63) is 59.7 Å². The summed E-state index contributed by atoms with van der Waals surface area (Å²) in [5.41, 5.74) is 3.59. The van der Waals surface area contributed by atoms with Crippen molar-refractivity contribution in [2.75, 3.05) is 5.32 Å². The predicted octanol–water partition coefficient (Wildman–Crippen LogP) is 2.28. The second-order valence-corrected chi connectivity index (χ2v) is 5.44. The van der Waals surface area contributed by atoms with Crippen LogP contribution in [0, 0.1) is 6.92 Å². The van der Waals surface area contributed by atoms with Crippen LogP contribution >= 0.6 is 0 Å². The Morgan fingerprint density at radius 3 is 2.24 bits per heavy atom. The van der Waals surface area contributed by atoms with Crippen molar-refractivity contribution in [1.29, 1.82) is 0 Å². The molecule has 0 radical (unpaired) electrons. The van der Waals surface area contributed by atoms with Crippen molar-refractivity contribution in [1.82, 2.24) is 0 Å². The van der Waals surface area contributed by atoms with E-state index in [-0.39, 0.29) is 0 Å². The van der Waals surface area contributed by atoms with Gasteiger partial charge in [0.25, 0.3) is 0 Å². The van der Waals surface area contributed by atoms with Crippen LogP contribution < -0.4 is 9.67 Å². The first-order chi connectivity index (χ1) is 8.28. The molecule has 0 aliphatic carbocycles. The summed E-state index contributed by atoms with van der Waals surface area (Å²) in [6.07, 6.45) is 0. The Morgan fingerprint density at radius 1 is 1.00 bits per heavy atom. The molecule has 2 rings (SSSR count). The van der Waals surface area contributed by atoms with Crippen molar-refractivity contribution >= 4 is 25.7 Å². The maximum absolute atomic E-state index is 10.7. The van der Waals surface area contributed by atoms with Gasteiger partial charge in [-0.1, -0.05) is 0 Å². The van der Waals surface area contributed by atoms with Gasteiger partial charge in [-0.05, 0) is 0 Å². The number of benzene rings is 2. The number of nitrogens with one attached hydrogen (secondary N) is 1. The van der Waals surface area contributed by atoms with Crippen LogP contribution in [0.15, 0.2) is 48.5 Å². The van der Waals surface area contributed by atoms with Gasteiger partial charge >= 0.3 is 108 Å². The fourth-order valence-electron chi connectivity index (χ4n) is 1.55. The molecule has 0 aliphatic rings. The molecule has 1 N–H and O–H groups in total. The molecule has 0 heterocycles. The van der Waals surface area contributed by atoms with Crippen molar-refractivity contribution in [3.63, 3.8) is 0 Å². The van der Waals surface area contributed by atoms with Gasteiger partial charge in [0.05, 0.1) is 0 Å². The SMILES string of the molecule is Cc1ccc(CNc2ccc([As]=O)cc2)cc1. The molecule has 0 saturated carbocycles. The molecule has 0 unspecified atom stereocenters. The van der Waals surface area contributed by atoms with E-state index in [1.54, 1.807) is 0 Å². The molecule has 0 bridgehead atoms. The summed E-state index contributed by atoms with van der Waals surface area (Å²) in [4.78, 5) is 0. The molecule has 2 aromatic rings. The number of hydrogen-bond donors (Lipinski definition) is 1. The number of hydrogen-bond acceptors (Lipinski definition) is 2. The summed E-state index contributed by atoms with van der Waals surface area (Å²) in [7, 11) is 0. The van der Waals surface area contributed by atoms with E-state index in [9.17, 15) is 3.74 Å². The van der Waals surface area contributed by atoms with Crippen LogP contribution in [-0.2, 0) is 10.3 Å². The first kappa shape index (κ1) is 12.1. The zero-order chi connectivity index (χ0) is 12.1. The van der Waals surface area contributed by atoms with E-state index in [4.69, 9.17) is 0 Å². The summed E-state index contributed by atoms with van der Waals surface area (Å²) in [6.45, 7) is 2.90. The molecular formula is C14H14AsNO. The van der Waals surface area contributed by atoms with Crippen LogP contribution in [0.4, 0.5) is 5.69 Å². The van der Waals surface area contributed by atoms with Gasteiger partial charge in [0.2, 0.25) is 0 Å². The van der Waals surface area contributed by atoms with Gasteiger partial charge in [0.1, 0.15) is 0 Å². The third kappa shape index (κ3) is 3.54. The summed E-state index contributed by atoms with van der Waals surface area (Å²) in [5, 5.41) is 3.34. The van der Waals surface area contributed by atoms with E-state index in [1.165, 1.54) is 11.1 Å². The molecule has 0 aromatic heterocycles. The minimum atomic E-state index is -0.909. The predicted molar refractivity (Wildman–Crippen MR) is 71.0 cm³/mol. The van der Waals surface area contributed by atoms with Crippen molar-refractivity contribution in [3.8, 4) is 0 Å². The molecule has 0 spiro atoms. The Bertz CT molecular complexity index is 491. The van der Waals surface area contributed by atoms with E-state index in [0.29, 0.717) is 0 Å². The first-order valence-electron chi connectivity index (χ1n) is 5.51. The summed E-state index contributed by atoms with van der Waals surface area (Å²) in [6, 6.07) is 16.2. The topological polar surface area (TPSA) is 29.1 Å². The van der Waals surface area contributed by atoms with Gasteiger partial charge in [-0.2, -0.15) is 0 Å². The average molecular weight is 287 g/mol. The molecule has 2 nitrogen and oxygen atoms in total. The Labute approximate surface area is 108 Å². The summed E-state index contributed by atoms with van der Waals surface area (Å²) in [5.74, 6) is 0. The fraction of sp³-hybridized carbons (Fsp3) is 0.143. The Kier molecular flexibility index (Phi) is 4.11. The van der Waals surface area contributed by atoms with Crippen LogP contribution in [0.1, 0.15) is 11.1 Å². The van der Waals surface area contributed by atoms with Gasteiger partial charge in [-0.15, -0.1) is 0 Å². The van der Waals surface area contributed by atoms with Crippen LogP contribution in [0.5, 0.6) is 0 Å². The van der Waals surface area contributed by atoms with Crippen molar-refractivity contribution in [2.45, 2.75) is 13.5 Å². The van der Waals surface area contributed by atoms with Gasteiger partial charge in [0, 0.05) is 0 Å². The first-order valence-corrected chi connectivity index (χ1v) is 7.21. The van der Waals surface area contributed by atoms with E-state index in [2.05, 4.69) is 36.5 Å². The number of anilines is 1. The van der Waals surface area contributed by atoms with E-state index >= 15 is 0 Å². The van der Waals surface area contributed by atoms with Crippen LogP contribution in [-0.4, -0.2) is 15.7 Å². The Hall–Kier alpha value is -1.40. The standard InChI is InChI=1S/C14H14AsNO/c1-11-2-4-12(5-3-11)10-16-14-8-6-13(15-17)7-9-14/h2-9,16H,10H2,1H3. The second kappa shape index (κ2) is 5.79. The van der Waals surface area contributed by atoms with E-state index in [0.717, 1.165) is 16.6 Å². The van der Waals surface area contributed by atoms with E-state index < -0.39 is 15.7 Å². The van der Waals surface area contributed by atoms with Crippen molar-refractivity contribution in [2.24, 2.45) is 0 Å². The fourth-order valence-corrected chi connectivity index (χ4v) is 2.12. The molecular weight excluding hydrogens is 273 g/mol. The third-order valence-electron chi connectivity index (χ3n) is 2.59. The zero-order valence-corrected chi connectivity index (χ0v) is 11.6. The number of rotatable bonds is 4. The molecule has 0 atom stereocenters. The summed E-state index contributed by atoms with van der Waals surface area (Å²) < 4.78 is 11.6. The molecule has 17 heavy (non-hydrogen) atoms. The minimum absolute atomic E-state index is 0.810. The zero-order valence-electron chi connectivity index (χ0n) is 9.68. The normalized spacial score (nSPS) is 10.4. The quantitative estimate of drug-likeness (QED) is 0.874. The van der Waals surface area contributed by atoms with Gasteiger partial charge in [-0.3, -0.25) is 0 Å². The van der Waals surface area contributed by atoms with Gasteiger partial charge in [0.15, 0.2) is 0 Å². The second-order valence-electron chi connectivity index (χ2n) is 3.98. The molecule has 3 heteroatoms. The molecule has 86 valence electrons. The molecule has 0 fully saturated rings. The molecule has 0 saturated heterocycles. The van der Waals surface area contributed by atoms with Gasteiger partial charge in [-0.25, -0.2) is 0 Å². The van der Waals surface area contributed by atoms with Crippen LogP contribution in [0.3, 0.4) is 0 Å². The Morgan fingerprint density at radius 2 is 1.65 bits per heavy atom.